The maximum atomic E-state index is 12.2. The summed E-state index contributed by atoms with van der Waals surface area (Å²) in [4.78, 5) is 14.4. The molecule has 0 aromatic carbocycles. The minimum Gasteiger partial charge on any atom is -0.355 e. The van der Waals surface area contributed by atoms with Gasteiger partial charge in [0.15, 0.2) is 5.79 Å². The number of nitrogens with zero attached hydrogens (tertiary/aromatic N) is 1. The van der Waals surface area contributed by atoms with Gasteiger partial charge >= 0.3 is 0 Å². The molecule has 2 aliphatic heterocycles. The van der Waals surface area contributed by atoms with Crippen LogP contribution >= 0.6 is 0 Å². The highest BCUT2D eigenvalue weighted by atomic mass is 16.7. The van der Waals surface area contributed by atoms with Gasteiger partial charge in [-0.05, 0) is 19.8 Å². The standard InChI is InChI=1S/C15H27N3O3/c1-2-17-14(19)13-9-16-7-8-18(13)10-12-11-20-15(21-12)5-3-4-6-15/h12-13,16H,2-11H2,1H3,(H,17,19). The van der Waals surface area contributed by atoms with Gasteiger partial charge in [0.2, 0.25) is 5.91 Å². The third kappa shape index (κ3) is 3.39. The number of hydrogen-bond donors (Lipinski definition) is 2. The maximum absolute atomic E-state index is 12.2. The molecule has 3 aliphatic rings. The summed E-state index contributed by atoms with van der Waals surface area (Å²) >= 11 is 0. The Morgan fingerprint density at radius 1 is 1.43 bits per heavy atom. The Labute approximate surface area is 126 Å². The van der Waals surface area contributed by atoms with Crippen LogP contribution in [0.15, 0.2) is 0 Å². The highest BCUT2D eigenvalue weighted by Crippen LogP contribution is 2.39. The molecule has 1 saturated carbocycles. The van der Waals surface area contributed by atoms with Crippen molar-refractivity contribution in [2.45, 2.75) is 50.5 Å². The van der Waals surface area contributed by atoms with Crippen LogP contribution in [0.5, 0.6) is 0 Å². The van der Waals surface area contributed by atoms with Gasteiger partial charge in [0.1, 0.15) is 6.04 Å². The average Bonchev–Trinajstić information content (AvgIpc) is 3.10. The molecule has 6 nitrogen and oxygen atoms in total. The van der Waals surface area contributed by atoms with Gasteiger partial charge in [0.25, 0.3) is 0 Å². The Hall–Kier alpha value is -0.690. The zero-order chi connectivity index (χ0) is 14.7. The first-order valence-electron chi connectivity index (χ1n) is 8.27. The summed E-state index contributed by atoms with van der Waals surface area (Å²) in [6, 6.07) is -0.0950. The predicted molar refractivity (Wildman–Crippen MR) is 78.9 cm³/mol. The topological polar surface area (TPSA) is 62.8 Å². The number of piperazine rings is 1. The molecular weight excluding hydrogens is 270 g/mol. The van der Waals surface area contributed by atoms with Crippen LogP contribution in [0, 0.1) is 0 Å². The average molecular weight is 297 g/mol. The van der Waals surface area contributed by atoms with Crippen LogP contribution in [0.2, 0.25) is 0 Å². The molecular formula is C15H27N3O3. The number of carbonyl (C=O) groups excluding carboxylic acids is 1. The molecule has 1 spiro atoms. The van der Waals surface area contributed by atoms with Gasteiger partial charge in [0, 0.05) is 45.6 Å². The van der Waals surface area contributed by atoms with Gasteiger partial charge in [0.05, 0.1) is 12.7 Å². The number of nitrogens with one attached hydrogen (secondary N) is 2. The molecule has 3 rings (SSSR count). The van der Waals surface area contributed by atoms with Gasteiger partial charge < -0.3 is 20.1 Å². The summed E-state index contributed by atoms with van der Waals surface area (Å²) < 4.78 is 12.1. The maximum Gasteiger partial charge on any atom is 0.238 e. The predicted octanol–water partition coefficient (Wildman–Crippen LogP) is 0.0820. The van der Waals surface area contributed by atoms with Crippen LogP contribution in [0.25, 0.3) is 0 Å². The molecule has 120 valence electrons. The van der Waals surface area contributed by atoms with E-state index < -0.39 is 0 Å². The second-order valence-electron chi connectivity index (χ2n) is 6.28. The van der Waals surface area contributed by atoms with Gasteiger partial charge in [-0.15, -0.1) is 0 Å². The van der Waals surface area contributed by atoms with Crippen LogP contribution in [0.1, 0.15) is 32.6 Å². The fraction of sp³-hybridized carbons (Fsp3) is 0.933. The van der Waals surface area contributed by atoms with E-state index in [1.807, 2.05) is 6.92 Å². The van der Waals surface area contributed by atoms with E-state index in [1.165, 1.54) is 12.8 Å². The molecule has 2 unspecified atom stereocenters. The Morgan fingerprint density at radius 2 is 2.24 bits per heavy atom. The molecule has 2 heterocycles. The lowest BCUT2D eigenvalue weighted by molar-refractivity contribution is -0.164. The Balaban J connectivity index is 1.56. The molecule has 2 atom stereocenters. The number of rotatable bonds is 4. The quantitative estimate of drug-likeness (QED) is 0.769. The third-order valence-corrected chi connectivity index (χ3v) is 4.73. The molecule has 1 amide bonds. The smallest absolute Gasteiger partial charge is 0.238 e. The first-order chi connectivity index (χ1) is 10.2. The molecule has 1 aliphatic carbocycles. The van der Waals surface area contributed by atoms with Crippen LogP contribution in [-0.2, 0) is 14.3 Å². The SMILES string of the molecule is CCNC(=O)C1CNCCN1CC1COC2(CCCC2)O1. The van der Waals surface area contributed by atoms with Gasteiger partial charge in [-0.1, -0.05) is 0 Å². The lowest BCUT2D eigenvalue weighted by Crippen LogP contribution is -2.59. The van der Waals surface area contributed by atoms with Crippen molar-refractivity contribution in [2.24, 2.45) is 0 Å². The van der Waals surface area contributed by atoms with E-state index in [-0.39, 0.29) is 23.8 Å². The fourth-order valence-electron chi connectivity index (χ4n) is 3.66. The summed E-state index contributed by atoms with van der Waals surface area (Å²) in [6.07, 6.45) is 4.53. The van der Waals surface area contributed by atoms with E-state index in [4.69, 9.17) is 9.47 Å². The molecule has 0 bridgehead atoms. The second kappa shape index (κ2) is 6.60. The summed E-state index contributed by atoms with van der Waals surface area (Å²) in [7, 11) is 0. The highest BCUT2D eigenvalue weighted by molar-refractivity contribution is 5.82. The highest BCUT2D eigenvalue weighted by Gasteiger charge is 2.44. The first-order valence-corrected chi connectivity index (χ1v) is 8.27. The van der Waals surface area contributed by atoms with E-state index >= 15 is 0 Å². The number of hydrogen-bond acceptors (Lipinski definition) is 5. The summed E-state index contributed by atoms with van der Waals surface area (Å²) in [6.45, 7) is 6.59. The largest absolute Gasteiger partial charge is 0.355 e. The molecule has 0 aromatic rings. The van der Waals surface area contributed by atoms with E-state index in [0.717, 1.165) is 32.5 Å². The normalized spacial score (nSPS) is 32.6. The van der Waals surface area contributed by atoms with E-state index in [0.29, 0.717) is 19.7 Å². The molecule has 3 fully saturated rings. The number of carbonyl (C=O) groups is 1. The van der Waals surface area contributed by atoms with Crippen LogP contribution in [0.3, 0.4) is 0 Å². The van der Waals surface area contributed by atoms with Gasteiger partial charge in [-0.2, -0.15) is 0 Å². The van der Waals surface area contributed by atoms with Crippen LogP contribution in [0.4, 0.5) is 0 Å². The van der Waals surface area contributed by atoms with Crippen molar-refractivity contribution in [3.05, 3.63) is 0 Å². The van der Waals surface area contributed by atoms with E-state index in [2.05, 4.69) is 15.5 Å². The summed E-state index contributed by atoms with van der Waals surface area (Å²) in [5.41, 5.74) is 0. The lowest BCUT2D eigenvalue weighted by Gasteiger charge is -2.36. The molecule has 2 N–H and O–H groups in total. The summed E-state index contributed by atoms with van der Waals surface area (Å²) in [5, 5.41) is 6.23. The molecule has 21 heavy (non-hydrogen) atoms. The Morgan fingerprint density at radius 3 is 3.00 bits per heavy atom. The molecule has 0 radical (unpaired) electrons. The van der Waals surface area contributed by atoms with Gasteiger partial charge in [-0.3, -0.25) is 9.69 Å². The minimum atomic E-state index is -0.306. The number of amides is 1. The zero-order valence-corrected chi connectivity index (χ0v) is 12.9. The number of likely N-dealkylation sites (N-methyl/N-ethyl adjacent to an activating group) is 1. The molecule has 2 saturated heterocycles. The van der Waals surface area contributed by atoms with Crippen molar-refractivity contribution < 1.29 is 14.3 Å². The third-order valence-electron chi connectivity index (χ3n) is 4.73. The lowest BCUT2D eigenvalue weighted by atomic mass is 10.1. The molecule has 6 heteroatoms. The van der Waals surface area contributed by atoms with Crippen LogP contribution < -0.4 is 10.6 Å². The zero-order valence-electron chi connectivity index (χ0n) is 12.9. The monoisotopic (exact) mass is 297 g/mol. The summed E-state index contributed by atoms with van der Waals surface area (Å²) in [5.74, 6) is -0.195. The van der Waals surface area contributed by atoms with Crippen molar-refractivity contribution >= 4 is 5.91 Å². The molecule has 0 aromatic heterocycles. The van der Waals surface area contributed by atoms with Crippen molar-refractivity contribution in [2.75, 3.05) is 39.3 Å². The van der Waals surface area contributed by atoms with E-state index in [9.17, 15) is 4.79 Å². The Bertz CT molecular complexity index is 371. The van der Waals surface area contributed by atoms with Crippen molar-refractivity contribution in [3.8, 4) is 0 Å². The van der Waals surface area contributed by atoms with E-state index in [1.54, 1.807) is 0 Å². The minimum absolute atomic E-state index is 0.0950. The van der Waals surface area contributed by atoms with Crippen molar-refractivity contribution in [3.63, 3.8) is 0 Å². The number of ether oxygens (including phenoxy) is 2. The van der Waals surface area contributed by atoms with Crippen LogP contribution in [-0.4, -0.2) is 68.1 Å². The fourth-order valence-corrected chi connectivity index (χ4v) is 3.66. The van der Waals surface area contributed by atoms with Crippen molar-refractivity contribution in [1.82, 2.24) is 15.5 Å². The second-order valence-corrected chi connectivity index (χ2v) is 6.28. The van der Waals surface area contributed by atoms with Gasteiger partial charge in [-0.25, -0.2) is 0 Å². The first kappa shape index (κ1) is 15.2. The Kier molecular flexibility index (Phi) is 4.78. The van der Waals surface area contributed by atoms with Crippen molar-refractivity contribution in [1.29, 1.82) is 0 Å².